The summed E-state index contributed by atoms with van der Waals surface area (Å²) in [6, 6.07) is 0. The van der Waals surface area contributed by atoms with Crippen molar-refractivity contribution in [2.24, 2.45) is 0 Å². The predicted molar refractivity (Wildman–Crippen MR) is 74.4 cm³/mol. The van der Waals surface area contributed by atoms with Gasteiger partial charge in [-0.1, -0.05) is 0 Å². The molecular weight excluding hydrogens is 359 g/mol. The maximum absolute atomic E-state index is 11.1. The molecule has 0 spiro atoms. The lowest BCUT2D eigenvalue weighted by atomic mass is 9.97. The van der Waals surface area contributed by atoms with E-state index in [1.807, 2.05) is 0 Å². The van der Waals surface area contributed by atoms with Crippen LogP contribution in [0.5, 0.6) is 0 Å². The highest BCUT2D eigenvalue weighted by Gasteiger charge is 2.46. The molecule has 0 aromatic rings. The van der Waals surface area contributed by atoms with Crippen molar-refractivity contribution in [2.45, 2.75) is 45.4 Å². The Morgan fingerprint density at radius 1 is 0.765 bits per heavy atom. The molecule has 0 radical (unpaired) electrons. The summed E-state index contributed by atoms with van der Waals surface area (Å²) in [5, 5.41) is -2.62. The SMILES string of the molecule is CC(F)CF.Cl[C@H]1[C@H](Cl)[C@@H](Cl)[C@@H](Cl)[C@H](Cl)[C@H]1Cl. The molecule has 1 rings (SSSR count). The Balaban J connectivity index is 0.000000437. The van der Waals surface area contributed by atoms with Crippen molar-refractivity contribution in [3.63, 3.8) is 0 Å². The monoisotopic (exact) mass is 368 g/mol. The zero-order valence-corrected chi connectivity index (χ0v) is 13.3. The third-order valence-electron chi connectivity index (χ3n) is 2.04. The third-order valence-corrected chi connectivity index (χ3v) is 6.07. The van der Waals surface area contributed by atoms with E-state index < -0.39 is 45.1 Å². The van der Waals surface area contributed by atoms with Crippen molar-refractivity contribution in [3.8, 4) is 0 Å². The minimum Gasteiger partial charge on any atom is -0.248 e. The van der Waals surface area contributed by atoms with Crippen molar-refractivity contribution >= 4 is 69.6 Å². The Kier molecular flexibility index (Phi) is 9.53. The first-order valence-electron chi connectivity index (χ1n) is 4.78. The van der Waals surface area contributed by atoms with Crippen molar-refractivity contribution in [3.05, 3.63) is 0 Å². The number of hydrogen-bond donors (Lipinski definition) is 0. The molecule has 0 saturated heterocycles. The Bertz CT molecular complexity index is 159. The van der Waals surface area contributed by atoms with Crippen molar-refractivity contribution < 1.29 is 8.78 Å². The standard InChI is InChI=1S/C6H6Cl6.C3H6F2/c7-1-2(8)4(10)6(12)5(11)3(1)9;1-3(5)2-4/h1-6H;3H,2H2,1H3/t1-,2-,3-,4+,5+,6+;. The van der Waals surface area contributed by atoms with E-state index in [1.165, 1.54) is 6.92 Å². The van der Waals surface area contributed by atoms with Gasteiger partial charge in [-0.05, 0) is 6.92 Å². The zero-order chi connectivity index (χ0) is 13.7. The van der Waals surface area contributed by atoms with Crippen LogP contribution in [0, 0.1) is 0 Å². The summed E-state index contributed by atoms with van der Waals surface area (Å²) < 4.78 is 21.8. The lowest BCUT2D eigenvalue weighted by Gasteiger charge is -2.37. The molecular formula is C9H12Cl6F2. The lowest BCUT2D eigenvalue weighted by Crippen LogP contribution is -2.52. The fraction of sp³-hybridized carbons (Fsp3) is 1.00. The van der Waals surface area contributed by atoms with Crippen LogP contribution in [0.15, 0.2) is 0 Å². The number of hydrogen-bond acceptors (Lipinski definition) is 0. The van der Waals surface area contributed by atoms with E-state index >= 15 is 0 Å². The van der Waals surface area contributed by atoms with E-state index in [2.05, 4.69) is 0 Å². The second-order valence-electron chi connectivity index (χ2n) is 3.60. The van der Waals surface area contributed by atoms with Crippen LogP contribution in [0.1, 0.15) is 6.92 Å². The molecule has 8 heteroatoms. The van der Waals surface area contributed by atoms with Gasteiger partial charge >= 0.3 is 0 Å². The van der Waals surface area contributed by atoms with Gasteiger partial charge in [0.25, 0.3) is 0 Å². The fourth-order valence-corrected chi connectivity index (χ4v) is 3.38. The Morgan fingerprint density at radius 2 is 0.882 bits per heavy atom. The maximum Gasteiger partial charge on any atom is 0.126 e. The second kappa shape index (κ2) is 8.71. The normalized spacial score (nSPS) is 43.6. The van der Waals surface area contributed by atoms with Crippen LogP contribution < -0.4 is 0 Å². The van der Waals surface area contributed by atoms with Crippen molar-refractivity contribution in [2.75, 3.05) is 6.67 Å². The molecule has 1 aliphatic carbocycles. The quantitative estimate of drug-likeness (QED) is 0.572. The van der Waals surface area contributed by atoms with Crippen LogP contribution in [-0.2, 0) is 0 Å². The molecule has 0 aromatic carbocycles. The Labute approximate surface area is 130 Å². The van der Waals surface area contributed by atoms with E-state index in [-0.39, 0.29) is 0 Å². The summed E-state index contributed by atoms with van der Waals surface area (Å²) in [5.74, 6) is 0. The molecule has 0 amide bonds. The van der Waals surface area contributed by atoms with Crippen LogP contribution in [0.25, 0.3) is 0 Å². The lowest BCUT2D eigenvalue weighted by molar-refractivity contribution is 0.281. The van der Waals surface area contributed by atoms with Gasteiger partial charge in [0.2, 0.25) is 0 Å². The van der Waals surface area contributed by atoms with Gasteiger partial charge in [-0.25, -0.2) is 8.78 Å². The molecule has 1 fully saturated rings. The minimum atomic E-state index is -1.28. The summed E-state index contributed by atoms with van der Waals surface area (Å²) >= 11 is 35.3. The molecule has 0 N–H and O–H groups in total. The molecule has 0 nitrogen and oxygen atoms in total. The van der Waals surface area contributed by atoms with Crippen molar-refractivity contribution in [1.29, 1.82) is 0 Å². The molecule has 17 heavy (non-hydrogen) atoms. The Morgan fingerprint density at radius 3 is 0.941 bits per heavy atom. The molecule has 0 aliphatic heterocycles. The fourth-order valence-electron chi connectivity index (χ4n) is 1.05. The molecule has 0 bridgehead atoms. The summed E-state index contributed by atoms with van der Waals surface area (Å²) in [5.41, 5.74) is 0. The average molecular weight is 371 g/mol. The van der Waals surface area contributed by atoms with Gasteiger partial charge in [0.15, 0.2) is 0 Å². The second-order valence-corrected chi connectivity index (χ2v) is 6.63. The first kappa shape index (κ1) is 18.6. The maximum atomic E-state index is 11.1. The van der Waals surface area contributed by atoms with Gasteiger partial charge in [0.05, 0.1) is 32.3 Å². The van der Waals surface area contributed by atoms with E-state index in [9.17, 15) is 8.78 Å². The number of halogens is 8. The highest BCUT2D eigenvalue weighted by atomic mass is 35.5. The van der Waals surface area contributed by atoms with Crippen LogP contribution in [0.3, 0.4) is 0 Å². The largest absolute Gasteiger partial charge is 0.248 e. The predicted octanol–water partition coefficient (Wildman–Crippen LogP) is 4.96. The first-order valence-corrected chi connectivity index (χ1v) is 7.40. The summed E-state index contributed by atoms with van der Waals surface area (Å²) in [7, 11) is 0. The van der Waals surface area contributed by atoms with Crippen LogP contribution in [-0.4, -0.2) is 45.1 Å². The molecule has 104 valence electrons. The van der Waals surface area contributed by atoms with Gasteiger partial charge in [-0.3, -0.25) is 0 Å². The zero-order valence-electron chi connectivity index (χ0n) is 8.77. The van der Waals surface area contributed by atoms with Crippen LogP contribution >= 0.6 is 69.6 Å². The van der Waals surface area contributed by atoms with Gasteiger partial charge in [0, 0.05) is 0 Å². The number of rotatable bonds is 1. The van der Waals surface area contributed by atoms with Crippen LogP contribution in [0.4, 0.5) is 8.78 Å². The first-order chi connectivity index (χ1) is 7.73. The molecule has 1 atom stereocenters. The topological polar surface area (TPSA) is 0 Å². The van der Waals surface area contributed by atoms with Crippen molar-refractivity contribution in [1.82, 2.24) is 0 Å². The van der Waals surface area contributed by atoms with Gasteiger partial charge in [-0.2, -0.15) is 0 Å². The summed E-state index contributed by atoms with van der Waals surface area (Å²) in [6.07, 6.45) is -1.28. The highest BCUT2D eigenvalue weighted by Crippen LogP contribution is 2.39. The van der Waals surface area contributed by atoms with E-state index in [4.69, 9.17) is 69.6 Å². The Hall–Kier alpha value is 1.60. The molecule has 1 saturated carbocycles. The van der Waals surface area contributed by atoms with Gasteiger partial charge < -0.3 is 0 Å². The molecule has 0 heterocycles. The minimum absolute atomic E-state index is 0.437. The van der Waals surface area contributed by atoms with E-state index in [0.29, 0.717) is 0 Å². The highest BCUT2D eigenvalue weighted by molar-refractivity contribution is 6.45. The van der Waals surface area contributed by atoms with Gasteiger partial charge in [-0.15, -0.1) is 69.6 Å². The smallest absolute Gasteiger partial charge is 0.126 e. The van der Waals surface area contributed by atoms with Gasteiger partial charge in [0.1, 0.15) is 12.8 Å². The summed E-state index contributed by atoms with van der Waals surface area (Å²) in [4.78, 5) is 0. The number of alkyl halides is 8. The molecule has 0 aromatic heterocycles. The molecule has 1 aliphatic rings. The van der Waals surface area contributed by atoms with Crippen LogP contribution in [0.2, 0.25) is 0 Å². The van der Waals surface area contributed by atoms with E-state index in [0.717, 1.165) is 0 Å². The summed E-state index contributed by atoms with van der Waals surface area (Å²) in [6.45, 7) is 0.319. The molecule has 1 unspecified atom stereocenters. The third kappa shape index (κ3) is 5.62. The van der Waals surface area contributed by atoms with E-state index in [1.54, 1.807) is 0 Å². The average Bonchev–Trinajstić information content (AvgIpc) is 2.32.